The maximum atomic E-state index is 12.6. The van der Waals surface area contributed by atoms with E-state index in [0.29, 0.717) is 18.2 Å². The van der Waals surface area contributed by atoms with E-state index in [9.17, 15) is 8.42 Å². The van der Waals surface area contributed by atoms with Crippen molar-refractivity contribution in [2.24, 2.45) is 0 Å². The Morgan fingerprint density at radius 3 is 2.62 bits per heavy atom. The molecule has 0 unspecified atom stereocenters. The van der Waals surface area contributed by atoms with Crippen LogP contribution in [0.5, 0.6) is 0 Å². The normalized spacial score (nSPS) is 19.0. The number of aromatic nitrogens is 2. The van der Waals surface area contributed by atoms with E-state index in [0.717, 1.165) is 25.7 Å². The summed E-state index contributed by atoms with van der Waals surface area (Å²) >= 11 is 0. The number of aromatic amines is 1. The molecule has 7 heteroatoms. The van der Waals surface area contributed by atoms with Crippen LogP contribution in [0.15, 0.2) is 11.2 Å². The van der Waals surface area contributed by atoms with E-state index in [1.54, 1.807) is 6.20 Å². The molecule has 0 radical (unpaired) electrons. The fourth-order valence-corrected chi connectivity index (χ4v) is 4.38. The Kier molecular flexibility index (Phi) is 5.06. The monoisotopic (exact) mass is 314 g/mol. The van der Waals surface area contributed by atoms with Crippen molar-refractivity contribution in [3.05, 3.63) is 11.8 Å². The summed E-state index contributed by atoms with van der Waals surface area (Å²) in [5, 5.41) is 9.94. The lowest BCUT2D eigenvalue weighted by Gasteiger charge is -2.33. The zero-order valence-electron chi connectivity index (χ0n) is 13.1. The summed E-state index contributed by atoms with van der Waals surface area (Å²) in [6.07, 6.45) is 6.69. The van der Waals surface area contributed by atoms with Crippen LogP contribution in [0.3, 0.4) is 0 Å². The van der Waals surface area contributed by atoms with Gasteiger partial charge in [0, 0.05) is 23.7 Å². The zero-order valence-corrected chi connectivity index (χ0v) is 13.9. The zero-order chi connectivity index (χ0) is 15.5. The molecule has 1 aromatic rings. The molecular weight excluding hydrogens is 288 g/mol. The standard InChI is InChI=1S/C14H26N4O2S/c1-11(2)15-9-12-10-16-17-13(12)21(19,20)18-14(3)7-5-4-6-8-14/h10-11,15,18H,4-9H2,1-3H3,(H,16,17). The summed E-state index contributed by atoms with van der Waals surface area (Å²) in [5.74, 6) is 0. The van der Waals surface area contributed by atoms with E-state index in [4.69, 9.17) is 0 Å². The lowest BCUT2D eigenvalue weighted by atomic mass is 9.84. The van der Waals surface area contributed by atoms with Crippen LogP contribution < -0.4 is 10.0 Å². The Labute approximate surface area is 127 Å². The van der Waals surface area contributed by atoms with Crippen molar-refractivity contribution < 1.29 is 8.42 Å². The average molecular weight is 314 g/mol. The van der Waals surface area contributed by atoms with Crippen LogP contribution in [-0.4, -0.2) is 30.2 Å². The summed E-state index contributed by atoms with van der Waals surface area (Å²) in [6.45, 7) is 6.53. The minimum atomic E-state index is -3.56. The van der Waals surface area contributed by atoms with Gasteiger partial charge in [-0.05, 0) is 19.8 Å². The molecule has 120 valence electrons. The van der Waals surface area contributed by atoms with Gasteiger partial charge in [0.25, 0.3) is 10.0 Å². The van der Waals surface area contributed by atoms with Gasteiger partial charge in [0.2, 0.25) is 0 Å². The molecule has 1 aliphatic carbocycles. The largest absolute Gasteiger partial charge is 0.310 e. The predicted octanol–water partition coefficient (Wildman–Crippen LogP) is 1.91. The van der Waals surface area contributed by atoms with E-state index in [2.05, 4.69) is 20.2 Å². The van der Waals surface area contributed by atoms with Crippen molar-refractivity contribution >= 4 is 10.0 Å². The Bertz CT molecular complexity index is 559. The van der Waals surface area contributed by atoms with E-state index >= 15 is 0 Å². The number of H-pyrrole nitrogens is 1. The van der Waals surface area contributed by atoms with Crippen LogP contribution >= 0.6 is 0 Å². The first-order valence-electron chi connectivity index (χ1n) is 7.62. The number of rotatable bonds is 6. The van der Waals surface area contributed by atoms with Crippen molar-refractivity contribution in [3.8, 4) is 0 Å². The van der Waals surface area contributed by atoms with Crippen LogP contribution in [0.25, 0.3) is 0 Å². The average Bonchev–Trinajstić information content (AvgIpc) is 2.85. The predicted molar refractivity (Wildman–Crippen MR) is 82.4 cm³/mol. The second-order valence-corrected chi connectivity index (χ2v) is 8.11. The molecule has 1 fully saturated rings. The van der Waals surface area contributed by atoms with Crippen LogP contribution in [0, 0.1) is 0 Å². The Morgan fingerprint density at radius 1 is 1.33 bits per heavy atom. The molecule has 1 aromatic heterocycles. The van der Waals surface area contributed by atoms with E-state index < -0.39 is 10.0 Å². The number of sulfonamides is 1. The molecule has 0 aromatic carbocycles. The molecule has 0 atom stereocenters. The van der Waals surface area contributed by atoms with Crippen molar-refractivity contribution in [2.45, 2.75) is 76.0 Å². The third kappa shape index (κ3) is 4.28. The Morgan fingerprint density at radius 2 is 2.00 bits per heavy atom. The fourth-order valence-electron chi connectivity index (χ4n) is 2.78. The van der Waals surface area contributed by atoms with Gasteiger partial charge in [0.1, 0.15) is 0 Å². The molecule has 1 aliphatic rings. The number of hydrogen-bond acceptors (Lipinski definition) is 4. The van der Waals surface area contributed by atoms with Crippen molar-refractivity contribution in [3.63, 3.8) is 0 Å². The van der Waals surface area contributed by atoms with Crippen molar-refractivity contribution in [1.29, 1.82) is 0 Å². The molecule has 6 nitrogen and oxygen atoms in total. The highest BCUT2D eigenvalue weighted by Gasteiger charge is 2.33. The summed E-state index contributed by atoms with van der Waals surface area (Å²) in [5.41, 5.74) is 0.334. The first-order valence-corrected chi connectivity index (χ1v) is 9.10. The highest BCUT2D eigenvalue weighted by Crippen LogP contribution is 2.29. The number of nitrogens with zero attached hydrogens (tertiary/aromatic N) is 1. The van der Waals surface area contributed by atoms with E-state index in [1.165, 1.54) is 6.42 Å². The molecule has 0 saturated heterocycles. The van der Waals surface area contributed by atoms with Gasteiger partial charge in [-0.25, -0.2) is 13.1 Å². The third-order valence-electron chi connectivity index (χ3n) is 3.99. The van der Waals surface area contributed by atoms with Gasteiger partial charge in [0.15, 0.2) is 5.03 Å². The molecule has 0 aliphatic heterocycles. The van der Waals surface area contributed by atoms with Gasteiger partial charge in [-0.1, -0.05) is 33.1 Å². The van der Waals surface area contributed by atoms with Crippen LogP contribution in [-0.2, 0) is 16.6 Å². The van der Waals surface area contributed by atoms with Gasteiger partial charge in [-0.2, -0.15) is 5.10 Å². The number of hydrogen-bond donors (Lipinski definition) is 3. The SMILES string of the molecule is CC(C)NCc1cn[nH]c1S(=O)(=O)NC1(C)CCCCC1. The smallest absolute Gasteiger partial charge is 0.258 e. The van der Waals surface area contributed by atoms with E-state index in [-0.39, 0.29) is 10.6 Å². The molecule has 1 saturated carbocycles. The molecule has 2 rings (SSSR count). The molecule has 0 spiro atoms. The molecule has 0 amide bonds. The summed E-state index contributed by atoms with van der Waals surface area (Å²) in [6, 6.07) is 0.291. The lowest BCUT2D eigenvalue weighted by molar-refractivity contribution is 0.293. The van der Waals surface area contributed by atoms with Crippen LogP contribution in [0.1, 0.15) is 58.4 Å². The van der Waals surface area contributed by atoms with Crippen molar-refractivity contribution in [2.75, 3.05) is 0 Å². The molecule has 3 N–H and O–H groups in total. The highest BCUT2D eigenvalue weighted by molar-refractivity contribution is 7.89. The number of nitrogens with one attached hydrogen (secondary N) is 3. The van der Waals surface area contributed by atoms with Crippen molar-refractivity contribution in [1.82, 2.24) is 20.2 Å². The highest BCUT2D eigenvalue weighted by atomic mass is 32.2. The van der Waals surface area contributed by atoms with Gasteiger partial charge in [-0.15, -0.1) is 0 Å². The fraction of sp³-hybridized carbons (Fsp3) is 0.786. The summed E-state index contributed by atoms with van der Waals surface area (Å²) in [4.78, 5) is 0. The minimum absolute atomic E-state index is 0.183. The molecule has 0 bridgehead atoms. The maximum Gasteiger partial charge on any atom is 0.258 e. The van der Waals surface area contributed by atoms with Gasteiger partial charge < -0.3 is 5.32 Å². The second-order valence-electron chi connectivity index (χ2n) is 6.49. The van der Waals surface area contributed by atoms with Crippen LogP contribution in [0.2, 0.25) is 0 Å². The lowest BCUT2D eigenvalue weighted by Crippen LogP contribution is -2.47. The Hall–Kier alpha value is -0.920. The first-order chi connectivity index (χ1) is 9.82. The summed E-state index contributed by atoms with van der Waals surface area (Å²) < 4.78 is 28.1. The molecule has 21 heavy (non-hydrogen) atoms. The van der Waals surface area contributed by atoms with E-state index in [1.807, 2.05) is 20.8 Å². The maximum absolute atomic E-state index is 12.6. The topological polar surface area (TPSA) is 86.9 Å². The molecule has 1 heterocycles. The van der Waals surface area contributed by atoms with Gasteiger partial charge >= 0.3 is 0 Å². The molecular formula is C14H26N4O2S. The minimum Gasteiger partial charge on any atom is -0.310 e. The quantitative estimate of drug-likeness (QED) is 0.748. The third-order valence-corrected chi connectivity index (χ3v) is 5.64. The second kappa shape index (κ2) is 6.46. The van der Waals surface area contributed by atoms with Gasteiger partial charge in [0.05, 0.1) is 6.20 Å². The first kappa shape index (κ1) is 16.5. The Balaban J connectivity index is 2.14. The summed E-state index contributed by atoms with van der Waals surface area (Å²) in [7, 11) is -3.56. The van der Waals surface area contributed by atoms with Crippen LogP contribution in [0.4, 0.5) is 0 Å². The van der Waals surface area contributed by atoms with Gasteiger partial charge in [-0.3, -0.25) is 5.10 Å².